The molecule has 1 aliphatic heterocycles. The van der Waals surface area contributed by atoms with Gasteiger partial charge >= 0.3 is 0 Å². The molecule has 11 nitrogen and oxygen atoms in total. The van der Waals surface area contributed by atoms with Gasteiger partial charge in [0.2, 0.25) is 17.7 Å². The van der Waals surface area contributed by atoms with E-state index in [1.165, 1.54) is 0 Å². The third-order valence-electron chi connectivity index (χ3n) is 7.23. The fraction of sp³-hybridized carbons (Fsp3) is 0.500. The molecule has 43 heavy (non-hydrogen) atoms. The topological polar surface area (TPSA) is 144 Å². The SMILES string of the molecule is CC[C@H](C)[C@@H]1NC(=O)C[C@@H](C(=O)NCCOc2ccc(OC)cc2)NC(=O)c2ccccc2OC[C@@H](CC(C)C)NC1=O. The number of hydrogen-bond donors (Lipinski definition) is 4. The molecule has 3 rings (SSSR count). The Labute approximate surface area is 253 Å². The van der Waals surface area contributed by atoms with Crippen molar-refractivity contribution in [3.8, 4) is 17.2 Å². The second-order valence-corrected chi connectivity index (χ2v) is 11.1. The van der Waals surface area contributed by atoms with E-state index in [0.29, 0.717) is 30.1 Å². The van der Waals surface area contributed by atoms with Gasteiger partial charge in [-0.05, 0) is 54.7 Å². The Morgan fingerprint density at radius 2 is 1.70 bits per heavy atom. The lowest BCUT2D eigenvalue weighted by atomic mass is 9.96. The van der Waals surface area contributed by atoms with Gasteiger partial charge < -0.3 is 35.5 Å². The van der Waals surface area contributed by atoms with Crippen molar-refractivity contribution in [1.82, 2.24) is 21.3 Å². The van der Waals surface area contributed by atoms with E-state index >= 15 is 0 Å². The van der Waals surface area contributed by atoms with Crippen LogP contribution in [0.15, 0.2) is 48.5 Å². The molecular formula is C32H44N4O7. The van der Waals surface area contributed by atoms with Gasteiger partial charge in [-0.2, -0.15) is 0 Å². The van der Waals surface area contributed by atoms with Crippen LogP contribution in [0.3, 0.4) is 0 Å². The summed E-state index contributed by atoms with van der Waals surface area (Å²) in [6, 6.07) is 11.3. The highest BCUT2D eigenvalue weighted by Gasteiger charge is 2.32. The lowest BCUT2D eigenvalue weighted by Crippen LogP contribution is -2.56. The van der Waals surface area contributed by atoms with E-state index in [9.17, 15) is 19.2 Å². The number of ether oxygens (including phenoxy) is 3. The van der Waals surface area contributed by atoms with E-state index < -0.39 is 29.8 Å². The van der Waals surface area contributed by atoms with E-state index in [0.717, 1.165) is 0 Å². The lowest BCUT2D eigenvalue weighted by Gasteiger charge is -2.29. The van der Waals surface area contributed by atoms with E-state index in [4.69, 9.17) is 14.2 Å². The third-order valence-corrected chi connectivity index (χ3v) is 7.23. The second-order valence-electron chi connectivity index (χ2n) is 11.1. The standard InChI is InChI=1S/C32H44N4O7/c1-6-21(4)29-32(40)34-22(17-20(2)3)19-43-27-10-8-7-9-25(27)30(38)35-26(18-28(37)36-29)31(39)33-15-16-42-24-13-11-23(41-5)12-14-24/h7-14,20-22,26,29H,6,15-19H2,1-5H3,(H,33,39)(H,34,40)(H,35,38)(H,36,37)/t21-,22+,26-,29-/m0/s1. The van der Waals surface area contributed by atoms with E-state index in [-0.39, 0.29) is 55.5 Å². The van der Waals surface area contributed by atoms with Crippen molar-refractivity contribution < 1.29 is 33.4 Å². The van der Waals surface area contributed by atoms with Crippen LogP contribution >= 0.6 is 0 Å². The first-order valence-electron chi connectivity index (χ1n) is 14.8. The number of amides is 4. The summed E-state index contributed by atoms with van der Waals surface area (Å²) in [5, 5.41) is 11.3. The van der Waals surface area contributed by atoms with Crippen LogP contribution in [0.1, 0.15) is 57.3 Å². The Bertz CT molecular complexity index is 1230. The minimum absolute atomic E-state index is 0.132. The fourth-order valence-corrected chi connectivity index (χ4v) is 4.70. The Kier molecular flexibility index (Phi) is 12.7. The molecular weight excluding hydrogens is 552 g/mol. The van der Waals surface area contributed by atoms with Crippen molar-refractivity contribution >= 4 is 23.6 Å². The molecule has 11 heteroatoms. The Balaban J connectivity index is 1.80. The maximum atomic E-state index is 13.4. The molecule has 0 radical (unpaired) electrons. The average molecular weight is 597 g/mol. The van der Waals surface area contributed by atoms with Crippen molar-refractivity contribution in [3.63, 3.8) is 0 Å². The highest BCUT2D eigenvalue weighted by atomic mass is 16.5. The number of rotatable bonds is 10. The number of carbonyl (C=O) groups excluding carboxylic acids is 4. The minimum atomic E-state index is -1.21. The highest BCUT2D eigenvalue weighted by Crippen LogP contribution is 2.20. The van der Waals surface area contributed by atoms with Gasteiger partial charge in [-0.15, -0.1) is 0 Å². The molecule has 4 atom stereocenters. The van der Waals surface area contributed by atoms with Crippen molar-refractivity contribution in [3.05, 3.63) is 54.1 Å². The average Bonchev–Trinajstić information content (AvgIpc) is 2.99. The predicted octanol–water partition coefficient (Wildman–Crippen LogP) is 2.83. The molecule has 1 heterocycles. The molecule has 2 aromatic carbocycles. The first-order valence-corrected chi connectivity index (χ1v) is 14.8. The molecule has 0 fully saturated rings. The molecule has 0 aliphatic carbocycles. The molecule has 0 bridgehead atoms. The van der Waals surface area contributed by atoms with Crippen LogP contribution in [-0.2, 0) is 14.4 Å². The number of para-hydroxylation sites is 1. The Hall–Kier alpha value is -4.28. The predicted molar refractivity (Wildman–Crippen MR) is 162 cm³/mol. The zero-order valence-electron chi connectivity index (χ0n) is 25.6. The molecule has 4 N–H and O–H groups in total. The van der Waals surface area contributed by atoms with Crippen LogP contribution in [0, 0.1) is 11.8 Å². The number of nitrogens with one attached hydrogen (secondary N) is 4. The van der Waals surface area contributed by atoms with Crippen molar-refractivity contribution in [2.75, 3.05) is 26.9 Å². The number of carbonyl (C=O) groups is 4. The number of benzene rings is 2. The van der Waals surface area contributed by atoms with Gasteiger partial charge in [0.1, 0.15) is 42.5 Å². The molecule has 2 aromatic rings. The summed E-state index contributed by atoms with van der Waals surface area (Å²) in [5.41, 5.74) is 0.215. The zero-order chi connectivity index (χ0) is 31.4. The molecule has 0 saturated carbocycles. The van der Waals surface area contributed by atoms with Gasteiger partial charge in [0.05, 0.1) is 31.7 Å². The van der Waals surface area contributed by atoms with E-state index in [1.807, 2.05) is 27.7 Å². The number of hydrogen-bond acceptors (Lipinski definition) is 7. The Morgan fingerprint density at radius 3 is 2.37 bits per heavy atom. The van der Waals surface area contributed by atoms with Crippen LogP contribution in [0.4, 0.5) is 0 Å². The highest BCUT2D eigenvalue weighted by molar-refractivity contribution is 6.01. The van der Waals surface area contributed by atoms with Crippen molar-refractivity contribution in [2.24, 2.45) is 11.8 Å². The summed E-state index contributed by atoms with van der Waals surface area (Å²) in [5.74, 6) is -0.262. The summed E-state index contributed by atoms with van der Waals surface area (Å²) < 4.78 is 16.9. The molecule has 0 aromatic heterocycles. The van der Waals surface area contributed by atoms with Crippen LogP contribution in [0.5, 0.6) is 17.2 Å². The number of fused-ring (bicyclic) bond motifs is 1. The first kappa shape index (κ1) is 33.2. The van der Waals surface area contributed by atoms with Gasteiger partial charge in [-0.25, -0.2) is 0 Å². The van der Waals surface area contributed by atoms with Crippen LogP contribution < -0.4 is 35.5 Å². The number of methoxy groups -OCH3 is 1. The van der Waals surface area contributed by atoms with Crippen LogP contribution in [0.25, 0.3) is 0 Å². The molecule has 1 aliphatic rings. The third kappa shape index (κ3) is 10.2. The van der Waals surface area contributed by atoms with Crippen LogP contribution in [-0.4, -0.2) is 68.6 Å². The molecule has 0 spiro atoms. The summed E-state index contributed by atoms with van der Waals surface area (Å²) in [7, 11) is 1.57. The van der Waals surface area contributed by atoms with Gasteiger partial charge in [0.15, 0.2) is 0 Å². The molecule has 0 saturated heterocycles. The largest absolute Gasteiger partial charge is 0.497 e. The van der Waals surface area contributed by atoms with Crippen molar-refractivity contribution in [2.45, 2.75) is 65.1 Å². The lowest BCUT2D eigenvalue weighted by molar-refractivity contribution is -0.132. The summed E-state index contributed by atoms with van der Waals surface area (Å²) in [6.45, 7) is 8.33. The van der Waals surface area contributed by atoms with Gasteiger partial charge in [-0.3, -0.25) is 19.2 Å². The maximum absolute atomic E-state index is 13.4. The molecule has 234 valence electrons. The van der Waals surface area contributed by atoms with E-state index in [1.54, 1.807) is 55.6 Å². The van der Waals surface area contributed by atoms with Crippen LogP contribution in [0.2, 0.25) is 0 Å². The quantitative estimate of drug-likeness (QED) is 0.309. The van der Waals surface area contributed by atoms with Gasteiger partial charge in [-0.1, -0.05) is 46.2 Å². The van der Waals surface area contributed by atoms with E-state index in [2.05, 4.69) is 21.3 Å². The normalized spacial score (nSPS) is 20.3. The second kappa shape index (κ2) is 16.4. The maximum Gasteiger partial charge on any atom is 0.255 e. The smallest absolute Gasteiger partial charge is 0.255 e. The fourth-order valence-electron chi connectivity index (χ4n) is 4.70. The summed E-state index contributed by atoms with van der Waals surface area (Å²) >= 11 is 0. The van der Waals surface area contributed by atoms with Gasteiger partial charge in [0.25, 0.3) is 5.91 Å². The molecule has 0 unspecified atom stereocenters. The van der Waals surface area contributed by atoms with Gasteiger partial charge in [0, 0.05) is 0 Å². The molecule has 4 amide bonds. The first-order chi connectivity index (χ1) is 20.6. The summed E-state index contributed by atoms with van der Waals surface area (Å²) in [4.78, 5) is 53.3. The Morgan fingerprint density at radius 1 is 1.00 bits per heavy atom. The van der Waals surface area contributed by atoms with Crippen molar-refractivity contribution in [1.29, 1.82) is 0 Å². The summed E-state index contributed by atoms with van der Waals surface area (Å²) in [6.07, 6.45) is 0.924. The zero-order valence-corrected chi connectivity index (χ0v) is 25.6. The minimum Gasteiger partial charge on any atom is -0.497 e. The monoisotopic (exact) mass is 596 g/mol.